The summed E-state index contributed by atoms with van der Waals surface area (Å²) in [6.45, 7) is 2.75. The summed E-state index contributed by atoms with van der Waals surface area (Å²) in [5.74, 6) is 0.210. The van der Waals surface area contributed by atoms with Crippen molar-refractivity contribution in [2.45, 2.75) is 0 Å². The van der Waals surface area contributed by atoms with Crippen LogP contribution in [0.25, 0.3) is 0 Å². The summed E-state index contributed by atoms with van der Waals surface area (Å²) < 4.78 is 18.4. The molecular formula is C17H18FN3O3. The van der Waals surface area contributed by atoms with Crippen LogP contribution in [0.2, 0.25) is 0 Å². The van der Waals surface area contributed by atoms with Crippen molar-refractivity contribution >= 4 is 17.1 Å². The fourth-order valence-corrected chi connectivity index (χ4v) is 2.91. The fourth-order valence-electron chi connectivity index (χ4n) is 2.91. The number of hydrogen-bond donors (Lipinski definition) is 0. The lowest BCUT2D eigenvalue weighted by Gasteiger charge is -2.37. The second-order valence-corrected chi connectivity index (χ2v) is 5.56. The van der Waals surface area contributed by atoms with Gasteiger partial charge in [-0.05, 0) is 36.4 Å². The number of nitro benzene ring substituents is 1. The number of rotatable bonds is 4. The van der Waals surface area contributed by atoms with E-state index in [2.05, 4.69) is 4.90 Å². The zero-order valence-corrected chi connectivity index (χ0v) is 13.3. The molecular weight excluding hydrogens is 313 g/mol. The van der Waals surface area contributed by atoms with Gasteiger partial charge in [-0.2, -0.15) is 0 Å². The van der Waals surface area contributed by atoms with Gasteiger partial charge in [-0.15, -0.1) is 0 Å². The lowest BCUT2D eigenvalue weighted by molar-refractivity contribution is -0.384. The van der Waals surface area contributed by atoms with Crippen LogP contribution < -0.4 is 14.5 Å². The van der Waals surface area contributed by atoms with E-state index in [1.54, 1.807) is 7.11 Å². The Bertz CT molecular complexity index is 728. The number of hydrogen-bond acceptors (Lipinski definition) is 5. The molecule has 1 fully saturated rings. The molecule has 0 unspecified atom stereocenters. The molecule has 0 bridgehead atoms. The molecule has 2 aromatic rings. The minimum atomic E-state index is -0.595. The molecule has 7 heteroatoms. The van der Waals surface area contributed by atoms with E-state index in [0.29, 0.717) is 18.8 Å². The van der Waals surface area contributed by atoms with Gasteiger partial charge in [0.25, 0.3) is 5.69 Å². The topological polar surface area (TPSA) is 58.8 Å². The van der Waals surface area contributed by atoms with Crippen molar-refractivity contribution in [1.29, 1.82) is 0 Å². The molecule has 0 N–H and O–H groups in total. The van der Waals surface area contributed by atoms with E-state index in [-0.39, 0.29) is 5.69 Å². The normalized spacial score (nSPS) is 14.6. The summed E-state index contributed by atoms with van der Waals surface area (Å²) >= 11 is 0. The van der Waals surface area contributed by atoms with E-state index < -0.39 is 10.7 Å². The molecule has 0 saturated carbocycles. The maximum atomic E-state index is 13.3. The van der Waals surface area contributed by atoms with Crippen molar-refractivity contribution in [3.63, 3.8) is 0 Å². The molecule has 1 aliphatic heterocycles. The van der Waals surface area contributed by atoms with Gasteiger partial charge in [0.2, 0.25) is 0 Å². The Balaban J connectivity index is 1.72. The van der Waals surface area contributed by atoms with Crippen molar-refractivity contribution in [2.75, 3.05) is 43.1 Å². The van der Waals surface area contributed by atoms with Gasteiger partial charge in [-0.25, -0.2) is 4.39 Å². The quantitative estimate of drug-likeness (QED) is 0.636. The minimum Gasteiger partial charge on any atom is -0.497 e. The zero-order chi connectivity index (χ0) is 17.1. The first-order chi connectivity index (χ1) is 11.6. The van der Waals surface area contributed by atoms with Gasteiger partial charge in [-0.1, -0.05) is 0 Å². The van der Waals surface area contributed by atoms with E-state index in [1.165, 1.54) is 12.1 Å². The average Bonchev–Trinajstić information content (AvgIpc) is 2.62. The molecule has 3 rings (SSSR count). The maximum Gasteiger partial charge on any atom is 0.295 e. The molecule has 1 saturated heterocycles. The van der Waals surface area contributed by atoms with Crippen LogP contribution in [0.5, 0.6) is 5.75 Å². The molecule has 0 amide bonds. The van der Waals surface area contributed by atoms with Crippen LogP contribution in [-0.2, 0) is 0 Å². The van der Waals surface area contributed by atoms with Crippen molar-refractivity contribution in [3.05, 3.63) is 58.4 Å². The Morgan fingerprint density at radius 1 is 1.04 bits per heavy atom. The molecule has 6 nitrogen and oxygen atoms in total. The highest BCUT2D eigenvalue weighted by Crippen LogP contribution is 2.30. The highest BCUT2D eigenvalue weighted by atomic mass is 19.1. The third-order valence-corrected chi connectivity index (χ3v) is 4.19. The average molecular weight is 331 g/mol. The summed E-state index contributed by atoms with van der Waals surface area (Å²) in [4.78, 5) is 14.8. The second kappa shape index (κ2) is 6.74. The summed E-state index contributed by atoms with van der Waals surface area (Å²) in [5, 5.41) is 11.2. The Labute approximate surface area is 139 Å². The fraction of sp³-hybridized carbons (Fsp3) is 0.294. The number of nitro groups is 1. The van der Waals surface area contributed by atoms with E-state index in [4.69, 9.17) is 4.74 Å². The van der Waals surface area contributed by atoms with E-state index in [0.717, 1.165) is 30.6 Å². The predicted octanol–water partition coefficient (Wildman–Crippen LogP) is 3.07. The Morgan fingerprint density at radius 3 is 2.25 bits per heavy atom. The van der Waals surface area contributed by atoms with Crippen molar-refractivity contribution < 1.29 is 14.1 Å². The summed E-state index contributed by atoms with van der Waals surface area (Å²) in [7, 11) is 1.63. The van der Waals surface area contributed by atoms with Gasteiger partial charge in [0, 0.05) is 31.9 Å². The van der Waals surface area contributed by atoms with Crippen LogP contribution in [0.3, 0.4) is 0 Å². The van der Waals surface area contributed by atoms with Gasteiger partial charge < -0.3 is 14.5 Å². The number of halogens is 1. The Hall–Kier alpha value is -2.83. The molecule has 1 heterocycles. The second-order valence-electron chi connectivity index (χ2n) is 5.56. The first-order valence-corrected chi connectivity index (χ1v) is 7.66. The lowest BCUT2D eigenvalue weighted by atomic mass is 10.2. The number of benzene rings is 2. The summed E-state index contributed by atoms with van der Waals surface area (Å²) in [5.41, 5.74) is 1.37. The molecule has 0 radical (unpaired) electrons. The van der Waals surface area contributed by atoms with Gasteiger partial charge >= 0.3 is 0 Å². The van der Waals surface area contributed by atoms with Crippen LogP contribution in [0, 0.1) is 15.9 Å². The number of ether oxygens (including phenoxy) is 1. The SMILES string of the molecule is COc1ccc(N2CCN(c3ccc(F)cc3[N+](=O)[O-])CC2)cc1. The highest BCUT2D eigenvalue weighted by Gasteiger charge is 2.24. The first kappa shape index (κ1) is 16.0. The molecule has 24 heavy (non-hydrogen) atoms. The van der Waals surface area contributed by atoms with Crippen molar-refractivity contribution in [3.8, 4) is 5.75 Å². The van der Waals surface area contributed by atoms with E-state index in [1.807, 2.05) is 29.2 Å². The molecule has 126 valence electrons. The lowest BCUT2D eigenvalue weighted by Crippen LogP contribution is -2.46. The van der Waals surface area contributed by atoms with E-state index in [9.17, 15) is 14.5 Å². The van der Waals surface area contributed by atoms with Crippen LogP contribution in [0.15, 0.2) is 42.5 Å². The van der Waals surface area contributed by atoms with Gasteiger partial charge in [-0.3, -0.25) is 10.1 Å². The van der Waals surface area contributed by atoms with E-state index >= 15 is 0 Å². The molecule has 0 spiro atoms. The Morgan fingerprint density at radius 2 is 1.67 bits per heavy atom. The monoisotopic (exact) mass is 331 g/mol. The largest absolute Gasteiger partial charge is 0.497 e. The highest BCUT2D eigenvalue weighted by molar-refractivity contribution is 5.64. The third-order valence-electron chi connectivity index (χ3n) is 4.19. The van der Waals surface area contributed by atoms with Gasteiger partial charge in [0.15, 0.2) is 0 Å². The molecule has 0 atom stereocenters. The van der Waals surface area contributed by atoms with Gasteiger partial charge in [0.1, 0.15) is 17.3 Å². The third kappa shape index (κ3) is 3.24. The molecule has 0 aliphatic carbocycles. The number of methoxy groups -OCH3 is 1. The minimum absolute atomic E-state index is 0.187. The van der Waals surface area contributed by atoms with Crippen LogP contribution in [0.4, 0.5) is 21.5 Å². The predicted molar refractivity (Wildman–Crippen MR) is 90.5 cm³/mol. The molecule has 1 aliphatic rings. The Kier molecular flexibility index (Phi) is 4.50. The summed E-state index contributed by atoms with van der Waals surface area (Å²) in [6, 6.07) is 11.5. The van der Waals surface area contributed by atoms with Gasteiger partial charge in [0.05, 0.1) is 18.1 Å². The van der Waals surface area contributed by atoms with Crippen molar-refractivity contribution in [1.82, 2.24) is 0 Å². The standard InChI is InChI=1S/C17H18FN3O3/c1-24-15-5-3-14(4-6-15)19-8-10-20(11-9-19)16-7-2-13(18)12-17(16)21(22)23/h2-7,12H,8-11H2,1H3. The number of anilines is 2. The summed E-state index contributed by atoms with van der Waals surface area (Å²) in [6.07, 6.45) is 0. The van der Waals surface area contributed by atoms with Crippen molar-refractivity contribution in [2.24, 2.45) is 0 Å². The molecule has 0 aromatic heterocycles. The smallest absolute Gasteiger partial charge is 0.295 e. The first-order valence-electron chi connectivity index (χ1n) is 7.66. The molecule has 2 aromatic carbocycles. The number of piperazine rings is 1. The van der Waals surface area contributed by atoms with Crippen LogP contribution in [0.1, 0.15) is 0 Å². The van der Waals surface area contributed by atoms with Crippen LogP contribution in [-0.4, -0.2) is 38.2 Å². The number of nitrogens with zero attached hydrogens (tertiary/aromatic N) is 3. The zero-order valence-electron chi connectivity index (χ0n) is 13.3. The van der Waals surface area contributed by atoms with Crippen LogP contribution >= 0.6 is 0 Å². The maximum absolute atomic E-state index is 13.3.